The maximum atomic E-state index is 14.9. The number of benzene rings is 3. The first-order valence-electron chi connectivity index (χ1n) is 13.9. The number of carbonyl (C=O) groups excluding carboxylic acids is 2. The Bertz CT molecular complexity index is 1480. The maximum absolute atomic E-state index is 14.9. The first-order chi connectivity index (χ1) is 20.1. The summed E-state index contributed by atoms with van der Waals surface area (Å²) >= 11 is 6.25. The molecule has 8 nitrogen and oxygen atoms in total. The molecule has 1 aliphatic carbocycles. The first kappa shape index (κ1) is 31.5. The predicted molar refractivity (Wildman–Crippen MR) is 163 cm³/mol. The van der Waals surface area contributed by atoms with Gasteiger partial charge in [-0.2, -0.15) is 12.7 Å². The third-order valence-electron chi connectivity index (χ3n) is 7.35. The second-order valence-corrected chi connectivity index (χ2v) is 13.1. The van der Waals surface area contributed by atoms with E-state index in [1.165, 1.54) is 37.2 Å². The van der Waals surface area contributed by atoms with Crippen molar-refractivity contribution in [3.8, 4) is 0 Å². The summed E-state index contributed by atoms with van der Waals surface area (Å²) < 4.78 is 43.4. The minimum absolute atomic E-state index is 0.00271. The summed E-state index contributed by atoms with van der Waals surface area (Å²) in [4.78, 5) is 29.5. The molecule has 1 fully saturated rings. The molecule has 0 bridgehead atoms. The number of hydrogen-bond donors (Lipinski definition) is 1. The van der Waals surface area contributed by atoms with Crippen LogP contribution in [0.3, 0.4) is 0 Å². The second kappa shape index (κ2) is 14.1. The SMILES string of the molecule is CN(C)S(=O)(=O)N(CC(=O)N(Cc1cccc(Cl)c1)C(Cc1ccccc1)C(=O)NC1CCCC1)c1ccccc1F. The summed E-state index contributed by atoms with van der Waals surface area (Å²) in [5, 5.41) is 3.57. The van der Waals surface area contributed by atoms with Gasteiger partial charge in [-0.25, -0.2) is 8.70 Å². The Kier molecular flexibility index (Phi) is 10.6. The maximum Gasteiger partial charge on any atom is 0.304 e. The van der Waals surface area contributed by atoms with E-state index in [9.17, 15) is 22.4 Å². The van der Waals surface area contributed by atoms with E-state index in [1.807, 2.05) is 30.3 Å². The Morgan fingerprint density at radius 3 is 2.24 bits per heavy atom. The van der Waals surface area contributed by atoms with Crippen LogP contribution >= 0.6 is 11.6 Å². The highest BCUT2D eigenvalue weighted by atomic mass is 35.5. The molecule has 0 radical (unpaired) electrons. The van der Waals surface area contributed by atoms with Gasteiger partial charge in [0.05, 0.1) is 5.69 Å². The van der Waals surface area contributed by atoms with Crippen LogP contribution in [0.4, 0.5) is 10.1 Å². The molecule has 0 aromatic heterocycles. The molecule has 1 aliphatic rings. The number of nitrogens with zero attached hydrogens (tertiary/aromatic N) is 3. The van der Waals surface area contributed by atoms with Gasteiger partial charge in [-0.3, -0.25) is 9.59 Å². The van der Waals surface area contributed by atoms with Gasteiger partial charge in [0.15, 0.2) is 0 Å². The zero-order valence-corrected chi connectivity index (χ0v) is 25.3. The van der Waals surface area contributed by atoms with Crippen LogP contribution in [0.5, 0.6) is 0 Å². The number of halogens is 2. The van der Waals surface area contributed by atoms with Gasteiger partial charge in [-0.15, -0.1) is 0 Å². The molecule has 3 aromatic carbocycles. The Balaban J connectivity index is 1.76. The standard InChI is InChI=1S/C31H36ClFN4O4S/c1-35(2)42(40,41)37(28-18-9-8-17-27(28)33)22-30(38)36(21-24-13-10-14-25(32)19-24)29(20-23-11-4-3-5-12-23)31(39)34-26-15-6-7-16-26/h3-5,8-14,17-19,26,29H,6-7,15-16,20-22H2,1-2H3,(H,34,39). The lowest BCUT2D eigenvalue weighted by Gasteiger charge is -2.35. The molecule has 42 heavy (non-hydrogen) atoms. The van der Waals surface area contributed by atoms with Crippen molar-refractivity contribution in [2.24, 2.45) is 0 Å². The lowest BCUT2D eigenvalue weighted by Crippen LogP contribution is -2.55. The van der Waals surface area contributed by atoms with E-state index < -0.39 is 34.5 Å². The van der Waals surface area contributed by atoms with Gasteiger partial charge >= 0.3 is 10.2 Å². The third kappa shape index (κ3) is 7.87. The van der Waals surface area contributed by atoms with Gasteiger partial charge in [-0.05, 0) is 48.2 Å². The smallest absolute Gasteiger partial charge is 0.304 e. The van der Waals surface area contributed by atoms with Gasteiger partial charge in [0.2, 0.25) is 11.8 Å². The van der Waals surface area contributed by atoms with E-state index in [0.717, 1.165) is 45.9 Å². The Morgan fingerprint density at radius 1 is 0.952 bits per heavy atom. The number of anilines is 1. The van der Waals surface area contributed by atoms with Gasteiger partial charge in [-0.1, -0.05) is 79.0 Å². The molecule has 2 amide bonds. The van der Waals surface area contributed by atoms with E-state index in [2.05, 4.69) is 5.32 Å². The number of hydrogen-bond acceptors (Lipinski definition) is 4. The molecule has 0 heterocycles. The second-order valence-electron chi connectivity index (χ2n) is 10.6. The van der Waals surface area contributed by atoms with E-state index in [-0.39, 0.29) is 30.6 Å². The van der Waals surface area contributed by atoms with Crippen LogP contribution < -0.4 is 9.62 Å². The Hall–Kier alpha value is -3.47. The number of rotatable bonds is 12. The number of amides is 2. The van der Waals surface area contributed by atoms with Gasteiger partial charge in [0.1, 0.15) is 18.4 Å². The molecular weight excluding hydrogens is 579 g/mol. The molecule has 224 valence electrons. The van der Waals surface area contributed by atoms with E-state index in [4.69, 9.17) is 11.6 Å². The summed E-state index contributed by atoms with van der Waals surface area (Å²) in [6.07, 6.45) is 3.94. The minimum atomic E-state index is -4.29. The monoisotopic (exact) mass is 614 g/mol. The van der Waals surface area contributed by atoms with Crippen LogP contribution in [0.15, 0.2) is 78.9 Å². The summed E-state index contributed by atoms with van der Waals surface area (Å²) in [5.41, 5.74) is 1.23. The topological polar surface area (TPSA) is 90.0 Å². The summed E-state index contributed by atoms with van der Waals surface area (Å²) in [6.45, 7) is -0.730. The molecule has 1 unspecified atom stereocenters. The zero-order valence-electron chi connectivity index (χ0n) is 23.7. The molecule has 1 atom stereocenters. The summed E-state index contributed by atoms with van der Waals surface area (Å²) in [6, 6.07) is 20.7. The van der Waals surface area contributed by atoms with Crippen LogP contribution in [0.1, 0.15) is 36.8 Å². The molecule has 1 N–H and O–H groups in total. The molecule has 4 rings (SSSR count). The average Bonchev–Trinajstić information content (AvgIpc) is 3.47. The average molecular weight is 615 g/mol. The number of para-hydroxylation sites is 1. The minimum Gasteiger partial charge on any atom is -0.352 e. The molecule has 0 spiro atoms. The number of nitrogens with one attached hydrogen (secondary N) is 1. The lowest BCUT2D eigenvalue weighted by atomic mass is 10.0. The van der Waals surface area contributed by atoms with Gasteiger partial charge in [0, 0.05) is 38.1 Å². The van der Waals surface area contributed by atoms with Crippen molar-refractivity contribution in [1.29, 1.82) is 0 Å². The van der Waals surface area contributed by atoms with Crippen LogP contribution in [0, 0.1) is 5.82 Å². The normalized spacial score (nSPS) is 14.5. The summed E-state index contributed by atoms with van der Waals surface area (Å²) in [7, 11) is -1.67. The van der Waals surface area contributed by atoms with Gasteiger partial charge < -0.3 is 10.2 Å². The molecule has 1 saturated carbocycles. The predicted octanol–water partition coefficient (Wildman–Crippen LogP) is 4.79. The summed E-state index contributed by atoms with van der Waals surface area (Å²) in [5.74, 6) is -1.78. The fourth-order valence-corrected chi connectivity index (χ4v) is 6.39. The van der Waals surface area contributed by atoms with Crippen molar-refractivity contribution < 1.29 is 22.4 Å². The number of carbonyl (C=O) groups is 2. The fourth-order valence-electron chi connectivity index (χ4n) is 5.11. The largest absolute Gasteiger partial charge is 0.352 e. The van der Waals surface area contributed by atoms with Crippen molar-refractivity contribution in [2.45, 2.75) is 50.7 Å². The van der Waals surface area contributed by atoms with Crippen molar-refractivity contribution in [1.82, 2.24) is 14.5 Å². The van der Waals surface area contributed by atoms with Crippen LogP contribution in [0.2, 0.25) is 5.02 Å². The molecule has 11 heteroatoms. The Morgan fingerprint density at radius 2 is 1.60 bits per heavy atom. The zero-order chi connectivity index (χ0) is 30.3. The highest BCUT2D eigenvalue weighted by molar-refractivity contribution is 7.90. The van der Waals surface area contributed by atoms with Crippen molar-refractivity contribution in [3.63, 3.8) is 0 Å². The molecule has 3 aromatic rings. The van der Waals surface area contributed by atoms with Crippen molar-refractivity contribution in [3.05, 3.63) is 101 Å². The molecule has 0 aliphatic heterocycles. The van der Waals surface area contributed by atoms with E-state index in [0.29, 0.717) is 10.6 Å². The first-order valence-corrected chi connectivity index (χ1v) is 15.7. The molecule has 0 saturated heterocycles. The quantitative estimate of drug-likeness (QED) is 0.318. The highest BCUT2D eigenvalue weighted by Gasteiger charge is 2.36. The highest BCUT2D eigenvalue weighted by Crippen LogP contribution is 2.25. The Labute approximate surface area is 252 Å². The van der Waals surface area contributed by atoms with Crippen LogP contribution in [-0.4, -0.2) is 62.2 Å². The van der Waals surface area contributed by atoms with Gasteiger partial charge in [0.25, 0.3) is 0 Å². The fraction of sp³-hybridized carbons (Fsp3) is 0.355. The third-order valence-corrected chi connectivity index (χ3v) is 9.40. The van der Waals surface area contributed by atoms with E-state index >= 15 is 0 Å². The molecular formula is C31H36ClFN4O4S. The van der Waals surface area contributed by atoms with Crippen molar-refractivity contribution >= 4 is 39.3 Å². The van der Waals surface area contributed by atoms with E-state index in [1.54, 1.807) is 24.3 Å². The van der Waals surface area contributed by atoms with Crippen LogP contribution in [-0.2, 0) is 32.8 Å². The van der Waals surface area contributed by atoms with Crippen molar-refractivity contribution in [2.75, 3.05) is 24.9 Å². The lowest BCUT2D eigenvalue weighted by molar-refractivity contribution is -0.140. The van der Waals surface area contributed by atoms with Crippen LogP contribution in [0.25, 0.3) is 0 Å².